The Bertz CT molecular complexity index is 1000. The van der Waals surface area contributed by atoms with Crippen LogP contribution in [0.4, 0.5) is 0 Å². The van der Waals surface area contributed by atoms with Crippen molar-refractivity contribution < 1.29 is 9.15 Å². The van der Waals surface area contributed by atoms with Gasteiger partial charge >= 0.3 is 0 Å². The van der Waals surface area contributed by atoms with Gasteiger partial charge in [-0.05, 0) is 54.1 Å². The van der Waals surface area contributed by atoms with Crippen molar-refractivity contribution in [2.45, 2.75) is 6.61 Å². The second-order valence-corrected chi connectivity index (χ2v) is 6.49. The highest BCUT2D eigenvalue weighted by Gasteiger charge is 2.11. The largest absolute Gasteiger partial charge is 0.489 e. The standard InChI is InChI=1S/C20H14BrN3O2/c21-16-7-9-17(10-8-16)25-13-14-4-3-5-15(12-14)19-23-24-20(26-19)18-6-1-2-11-22-18/h1-12H,13H2. The molecule has 0 saturated carbocycles. The zero-order valence-electron chi connectivity index (χ0n) is 13.7. The normalized spacial score (nSPS) is 10.7. The quantitative estimate of drug-likeness (QED) is 0.458. The highest BCUT2D eigenvalue weighted by Crippen LogP contribution is 2.24. The van der Waals surface area contributed by atoms with Gasteiger partial charge in [-0.25, -0.2) is 0 Å². The van der Waals surface area contributed by atoms with Crippen LogP contribution in [-0.2, 0) is 6.61 Å². The Balaban J connectivity index is 1.51. The molecule has 0 bridgehead atoms. The SMILES string of the molecule is Brc1ccc(OCc2cccc(-c3nnc(-c4ccccn4)o3)c2)cc1. The topological polar surface area (TPSA) is 61.0 Å². The van der Waals surface area contributed by atoms with E-state index in [0.29, 0.717) is 24.1 Å². The molecule has 2 heterocycles. The number of rotatable bonds is 5. The van der Waals surface area contributed by atoms with E-state index in [4.69, 9.17) is 9.15 Å². The third kappa shape index (κ3) is 3.81. The number of pyridine rings is 1. The van der Waals surface area contributed by atoms with Crippen molar-refractivity contribution >= 4 is 15.9 Å². The number of aromatic nitrogens is 3. The van der Waals surface area contributed by atoms with Crippen LogP contribution in [0, 0.1) is 0 Å². The summed E-state index contributed by atoms with van der Waals surface area (Å²) in [4.78, 5) is 4.22. The summed E-state index contributed by atoms with van der Waals surface area (Å²) in [5.74, 6) is 1.67. The number of benzene rings is 2. The van der Waals surface area contributed by atoms with Crippen molar-refractivity contribution in [3.05, 3.63) is 83.0 Å². The lowest BCUT2D eigenvalue weighted by Crippen LogP contribution is -1.95. The van der Waals surface area contributed by atoms with E-state index in [2.05, 4.69) is 31.1 Å². The van der Waals surface area contributed by atoms with E-state index in [9.17, 15) is 0 Å². The maximum absolute atomic E-state index is 5.81. The fourth-order valence-corrected chi connectivity index (χ4v) is 2.69. The molecule has 0 aliphatic heterocycles. The summed E-state index contributed by atoms with van der Waals surface area (Å²) in [5.41, 5.74) is 2.51. The molecule has 0 radical (unpaired) electrons. The summed E-state index contributed by atoms with van der Waals surface area (Å²) in [6.45, 7) is 0.455. The van der Waals surface area contributed by atoms with Gasteiger partial charge in [0.15, 0.2) is 0 Å². The van der Waals surface area contributed by atoms with E-state index >= 15 is 0 Å². The van der Waals surface area contributed by atoms with E-state index in [-0.39, 0.29) is 0 Å². The van der Waals surface area contributed by atoms with Gasteiger partial charge in [0.25, 0.3) is 5.89 Å². The zero-order valence-corrected chi connectivity index (χ0v) is 15.3. The van der Waals surface area contributed by atoms with Gasteiger partial charge < -0.3 is 9.15 Å². The number of ether oxygens (including phenoxy) is 1. The van der Waals surface area contributed by atoms with Gasteiger partial charge in [-0.3, -0.25) is 4.98 Å². The molecule has 5 nitrogen and oxygen atoms in total. The van der Waals surface area contributed by atoms with E-state index in [0.717, 1.165) is 21.3 Å². The third-order valence-electron chi connectivity index (χ3n) is 3.70. The van der Waals surface area contributed by atoms with Crippen LogP contribution in [0.3, 0.4) is 0 Å². The average molecular weight is 408 g/mol. The molecule has 0 amide bonds. The monoisotopic (exact) mass is 407 g/mol. The molecule has 2 aromatic heterocycles. The molecule has 26 heavy (non-hydrogen) atoms. The molecule has 128 valence electrons. The third-order valence-corrected chi connectivity index (χ3v) is 4.23. The summed E-state index contributed by atoms with van der Waals surface area (Å²) >= 11 is 3.41. The van der Waals surface area contributed by atoms with Crippen LogP contribution in [0.5, 0.6) is 5.75 Å². The van der Waals surface area contributed by atoms with E-state index < -0.39 is 0 Å². The first-order valence-corrected chi connectivity index (χ1v) is 8.80. The summed E-state index contributed by atoms with van der Waals surface area (Å²) in [6, 6.07) is 21.1. The lowest BCUT2D eigenvalue weighted by Gasteiger charge is -2.07. The van der Waals surface area contributed by atoms with Gasteiger partial charge in [0.2, 0.25) is 5.89 Å². The Morgan fingerprint density at radius 3 is 2.54 bits per heavy atom. The van der Waals surface area contributed by atoms with Crippen molar-refractivity contribution in [1.29, 1.82) is 0 Å². The first-order chi connectivity index (χ1) is 12.8. The van der Waals surface area contributed by atoms with Crippen molar-refractivity contribution in [3.8, 4) is 28.8 Å². The molecule has 4 rings (SSSR count). The van der Waals surface area contributed by atoms with E-state index in [1.165, 1.54) is 0 Å². The Morgan fingerprint density at radius 2 is 1.73 bits per heavy atom. The number of hydrogen-bond donors (Lipinski definition) is 0. The van der Waals surface area contributed by atoms with Gasteiger partial charge in [-0.2, -0.15) is 0 Å². The lowest BCUT2D eigenvalue weighted by molar-refractivity contribution is 0.306. The molecule has 4 aromatic rings. The molecule has 0 fully saturated rings. The smallest absolute Gasteiger partial charge is 0.266 e. The van der Waals surface area contributed by atoms with Crippen molar-refractivity contribution in [1.82, 2.24) is 15.2 Å². The second kappa shape index (κ2) is 7.49. The average Bonchev–Trinajstić information content (AvgIpc) is 3.19. The summed E-state index contributed by atoms with van der Waals surface area (Å²) < 4.78 is 12.6. The second-order valence-electron chi connectivity index (χ2n) is 5.57. The molecule has 0 spiro atoms. The van der Waals surface area contributed by atoms with Gasteiger partial charge in [0.1, 0.15) is 18.1 Å². The highest BCUT2D eigenvalue weighted by molar-refractivity contribution is 9.10. The zero-order chi connectivity index (χ0) is 17.8. The number of nitrogens with zero attached hydrogens (tertiary/aromatic N) is 3. The van der Waals surface area contributed by atoms with E-state index in [1.54, 1.807) is 6.20 Å². The summed E-state index contributed by atoms with van der Waals surface area (Å²) in [7, 11) is 0. The lowest BCUT2D eigenvalue weighted by atomic mass is 10.1. The van der Waals surface area contributed by atoms with Crippen molar-refractivity contribution in [2.24, 2.45) is 0 Å². The summed E-state index contributed by atoms with van der Waals surface area (Å²) in [6.07, 6.45) is 1.69. The fraction of sp³-hybridized carbons (Fsp3) is 0.0500. The molecule has 0 saturated heterocycles. The fourth-order valence-electron chi connectivity index (χ4n) is 2.42. The van der Waals surface area contributed by atoms with Crippen LogP contribution in [0.15, 0.2) is 81.8 Å². The molecular formula is C20H14BrN3O2. The highest BCUT2D eigenvalue weighted by atomic mass is 79.9. The summed E-state index contributed by atoms with van der Waals surface area (Å²) in [5, 5.41) is 8.21. The molecule has 0 aliphatic rings. The molecule has 0 unspecified atom stereocenters. The van der Waals surface area contributed by atoms with Gasteiger partial charge in [-0.15, -0.1) is 10.2 Å². The van der Waals surface area contributed by atoms with Gasteiger partial charge in [0, 0.05) is 16.2 Å². The molecular weight excluding hydrogens is 394 g/mol. The molecule has 6 heteroatoms. The van der Waals surface area contributed by atoms with Crippen molar-refractivity contribution in [3.63, 3.8) is 0 Å². The van der Waals surface area contributed by atoms with Crippen molar-refractivity contribution in [2.75, 3.05) is 0 Å². The van der Waals surface area contributed by atoms with Crippen LogP contribution in [0.2, 0.25) is 0 Å². The first-order valence-electron chi connectivity index (χ1n) is 8.00. The molecule has 0 N–H and O–H groups in total. The van der Waals surface area contributed by atoms with Gasteiger partial charge in [0.05, 0.1) is 0 Å². The molecule has 0 atom stereocenters. The maximum atomic E-state index is 5.81. The van der Waals surface area contributed by atoms with Crippen LogP contribution >= 0.6 is 15.9 Å². The minimum absolute atomic E-state index is 0.400. The minimum Gasteiger partial charge on any atom is -0.489 e. The number of hydrogen-bond acceptors (Lipinski definition) is 5. The van der Waals surface area contributed by atoms with Crippen LogP contribution in [0.1, 0.15) is 5.56 Å². The molecule has 2 aromatic carbocycles. The Kier molecular flexibility index (Phi) is 4.75. The first kappa shape index (κ1) is 16.5. The van der Waals surface area contributed by atoms with Gasteiger partial charge in [-0.1, -0.05) is 34.1 Å². The van der Waals surface area contributed by atoms with Crippen LogP contribution in [0.25, 0.3) is 23.0 Å². The van der Waals surface area contributed by atoms with E-state index in [1.807, 2.05) is 66.7 Å². The van der Waals surface area contributed by atoms with Crippen LogP contribution in [-0.4, -0.2) is 15.2 Å². The Hall–Kier alpha value is -2.99. The number of halogens is 1. The predicted molar refractivity (Wildman–Crippen MR) is 101 cm³/mol. The Morgan fingerprint density at radius 1 is 0.885 bits per heavy atom. The molecule has 0 aliphatic carbocycles. The van der Waals surface area contributed by atoms with Crippen LogP contribution < -0.4 is 4.74 Å². The minimum atomic E-state index is 0.400. The predicted octanol–water partition coefficient (Wildman–Crippen LogP) is 5.14. The Labute approximate surface area is 158 Å². The maximum Gasteiger partial charge on any atom is 0.266 e.